The fraction of sp³-hybridized carbons (Fsp3) is 0.276. The lowest BCUT2D eigenvalue weighted by Crippen LogP contribution is -2.35. The summed E-state index contributed by atoms with van der Waals surface area (Å²) in [5.41, 5.74) is -0.407. The Morgan fingerprint density at radius 1 is 1.05 bits per heavy atom. The smallest absolute Gasteiger partial charge is 0.240 e. The maximum absolute atomic E-state index is 15.3. The molecule has 1 saturated heterocycles. The van der Waals surface area contributed by atoms with E-state index in [2.05, 4.69) is 15.6 Å². The molecule has 2 aliphatic heterocycles. The van der Waals surface area contributed by atoms with Gasteiger partial charge in [0, 0.05) is 30.5 Å². The van der Waals surface area contributed by atoms with Crippen LogP contribution < -0.4 is 15.4 Å². The number of amides is 2. The van der Waals surface area contributed by atoms with Gasteiger partial charge in [-0.15, -0.1) is 0 Å². The Bertz CT molecular complexity index is 1560. The largest absolute Gasteiger partial charge is 0.497 e. The van der Waals surface area contributed by atoms with Gasteiger partial charge in [0.15, 0.2) is 23.1 Å². The number of hydrogen-bond donors (Lipinski definition) is 2. The van der Waals surface area contributed by atoms with Crippen LogP contribution >= 0.6 is 11.6 Å². The third kappa shape index (κ3) is 5.01. The molecule has 212 valence electrons. The van der Waals surface area contributed by atoms with E-state index < -0.39 is 28.9 Å². The summed E-state index contributed by atoms with van der Waals surface area (Å²) in [6.45, 7) is 0.681. The molecule has 0 radical (unpaired) electrons. The molecular weight excluding hydrogens is 560 g/mol. The zero-order valence-corrected chi connectivity index (χ0v) is 22.5. The van der Waals surface area contributed by atoms with Crippen LogP contribution in [-0.2, 0) is 23.8 Å². The molecule has 2 aromatic carbocycles. The number of ether oxygens (including phenoxy) is 4. The number of allylic oxidation sites excluding steroid dienone is 1. The van der Waals surface area contributed by atoms with E-state index >= 15 is 4.39 Å². The molecule has 9 nitrogen and oxygen atoms in total. The van der Waals surface area contributed by atoms with Crippen molar-refractivity contribution >= 4 is 41.0 Å². The first kappa shape index (κ1) is 26.8. The number of hydrogen-bond acceptors (Lipinski definition) is 7. The topological polar surface area (TPSA) is 107 Å². The van der Waals surface area contributed by atoms with E-state index in [1.165, 1.54) is 30.3 Å². The predicted molar refractivity (Wildman–Crippen MR) is 145 cm³/mol. The first-order chi connectivity index (χ1) is 19.8. The lowest BCUT2D eigenvalue weighted by Gasteiger charge is -2.33. The number of halogens is 3. The Kier molecular flexibility index (Phi) is 6.90. The molecule has 2 amide bonds. The zero-order valence-electron chi connectivity index (χ0n) is 21.8. The van der Waals surface area contributed by atoms with E-state index in [1.807, 2.05) is 0 Å². The molecule has 0 spiro atoms. The highest BCUT2D eigenvalue weighted by Gasteiger charge is 2.56. The van der Waals surface area contributed by atoms with E-state index in [4.69, 9.17) is 30.5 Å². The number of aliphatic imine (C=N–C) groups is 1. The fourth-order valence-corrected chi connectivity index (χ4v) is 5.05. The van der Waals surface area contributed by atoms with Crippen molar-refractivity contribution in [3.63, 3.8) is 0 Å². The first-order valence-corrected chi connectivity index (χ1v) is 13.2. The normalized spacial score (nSPS) is 20.1. The summed E-state index contributed by atoms with van der Waals surface area (Å²) >= 11 is 6.42. The van der Waals surface area contributed by atoms with Gasteiger partial charge in [0.1, 0.15) is 36.0 Å². The van der Waals surface area contributed by atoms with Gasteiger partial charge in [0.05, 0.1) is 29.4 Å². The second-order valence-electron chi connectivity index (χ2n) is 9.81. The number of nitrogens with zero attached hydrogens (tertiary/aromatic N) is 1. The maximum atomic E-state index is 15.3. The number of benzene rings is 2. The van der Waals surface area contributed by atoms with Crippen molar-refractivity contribution < 1.29 is 37.3 Å². The predicted octanol–water partition coefficient (Wildman–Crippen LogP) is 5.25. The standard InChI is InChI=1S/C29H24ClF2N3O6/c1-38-23-14-20-24(26-25(23)39-10-11-40-26)21(6-9-33-20)41-22-12-17(30)19(13-18(22)32)35-28(37)29(7-8-29)27(36)34-16-4-2-15(31)3-5-16/h2-6,9,12-13,20H,7-8,10-11,14H2,1H3,(H,34,36)(H,35,37). The molecule has 2 N–H and O–H groups in total. The number of nitrogens with one attached hydrogen (secondary N) is 2. The van der Waals surface area contributed by atoms with Gasteiger partial charge in [-0.05, 0) is 43.2 Å². The molecule has 2 aromatic rings. The van der Waals surface area contributed by atoms with Crippen LogP contribution in [0.25, 0.3) is 0 Å². The quantitative estimate of drug-likeness (QED) is 0.431. The summed E-state index contributed by atoms with van der Waals surface area (Å²) in [5.74, 6) is -0.801. The van der Waals surface area contributed by atoms with Crippen molar-refractivity contribution in [1.82, 2.24) is 0 Å². The Hall–Kier alpha value is -4.38. The van der Waals surface area contributed by atoms with E-state index in [-0.39, 0.29) is 22.5 Å². The van der Waals surface area contributed by atoms with Gasteiger partial charge < -0.3 is 29.6 Å². The van der Waals surface area contributed by atoms with E-state index in [0.29, 0.717) is 66.8 Å². The average Bonchev–Trinajstić information content (AvgIpc) is 3.79. The van der Waals surface area contributed by atoms with Crippen LogP contribution in [0.15, 0.2) is 76.1 Å². The molecule has 2 fully saturated rings. The average molecular weight is 584 g/mol. The number of carbonyl (C=O) groups is 2. The molecule has 2 heterocycles. The third-order valence-corrected chi connectivity index (χ3v) is 7.52. The van der Waals surface area contributed by atoms with E-state index in [9.17, 15) is 14.0 Å². The first-order valence-electron chi connectivity index (χ1n) is 12.9. The molecule has 41 heavy (non-hydrogen) atoms. The van der Waals surface area contributed by atoms with Crippen LogP contribution in [0.2, 0.25) is 5.02 Å². The molecule has 1 saturated carbocycles. The van der Waals surface area contributed by atoms with E-state index in [0.717, 1.165) is 6.07 Å². The molecule has 2 aliphatic carbocycles. The summed E-state index contributed by atoms with van der Waals surface area (Å²) < 4.78 is 51.6. The van der Waals surface area contributed by atoms with Gasteiger partial charge in [-0.2, -0.15) is 0 Å². The number of fused-ring (bicyclic) bond motifs is 2. The van der Waals surface area contributed by atoms with Crippen molar-refractivity contribution in [1.29, 1.82) is 0 Å². The fourth-order valence-electron chi connectivity index (χ4n) is 4.85. The van der Waals surface area contributed by atoms with Gasteiger partial charge in [-0.1, -0.05) is 11.6 Å². The van der Waals surface area contributed by atoms with Crippen molar-refractivity contribution in [2.45, 2.75) is 25.3 Å². The minimum Gasteiger partial charge on any atom is -0.497 e. The SMILES string of the molecule is COC1=C2OCCOC2=C2C(Oc3cc(Cl)c(NC(=O)C4(C(=O)Nc5ccc(F)cc5)CC4)cc3F)=CC=NC2C1. The van der Waals surface area contributed by atoms with Gasteiger partial charge >= 0.3 is 0 Å². The monoisotopic (exact) mass is 583 g/mol. The minimum absolute atomic E-state index is 0.00641. The van der Waals surface area contributed by atoms with E-state index in [1.54, 1.807) is 19.4 Å². The second kappa shape index (κ2) is 10.5. The Balaban J connectivity index is 1.20. The third-order valence-electron chi connectivity index (χ3n) is 7.21. The van der Waals surface area contributed by atoms with Crippen molar-refractivity contribution in [3.8, 4) is 5.75 Å². The molecule has 0 bridgehead atoms. The highest BCUT2D eigenvalue weighted by atomic mass is 35.5. The molecule has 4 aliphatic rings. The Morgan fingerprint density at radius 3 is 2.46 bits per heavy atom. The summed E-state index contributed by atoms with van der Waals surface area (Å²) in [4.78, 5) is 30.4. The second-order valence-corrected chi connectivity index (χ2v) is 10.2. The number of dihydropyridines is 1. The molecule has 1 unspecified atom stereocenters. The molecule has 1 atom stereocenters. The molecule has 6 rings (SSSR count). The van der Waals surface area contributed by atoms with Crippen molar-refractivity contribution in [3.05, 3.63) is 87.7 Å². The Morgan fingerprint density at radius 2 is 1.76 bits per heavy atom. The minimum atomic E-state index is -1.34. The summed E-state index contributed by atoms with van der Waals surface area (Å²) in [6.07, 6.45) is 4.16. The van der Waals surface area contributed by atoms with Crippen LogP contribution in [0.3, 0.4) is 0 Å². The van der Waals surface area contributed by atoms with Crippen LogP contribution in [0.1, 0.15) is 19.3 Å². The highest BCUT2D eigenvalue weighted by molar-refractivity contribution is 6.34. The molecular formula is C29H24ClF2N3O6. The summed E-state index contributed by atoms with van der Waals surface area (Å²) in [5, 5.41) is 5.20. The van der Waals surface area contributed by atoms with Crippen LogP contribution in [0.4, 0.5) is 20.2 Å². The van der Waals surface area contributed by atoms with Gasteiger partial charge in [0.25, 0.3) is 0 Å². The zero-order chi connectivity index (χ0) is 28.7. The van der Waals surface area contributed by atoms with Crippen LogP contribution in [-0.4, -0.2) is 44.4 Å². The van der Waals surface area contributed by atoms with Gasteiger partial charge in [0.2, 0.25) is 11.8 Å². The van der Waals surface area contributed by atoms with Crippen molar-refractivity contribution in [2.75, 3.05) is 31.0 Å². The number of carbonyl (C=O) groups excluding carboxylic acids is 2. The molecule has 12 heteroatoms. The number of anilines is 2. The lowest BCUT2D eigenvalue weighted by molar-refractivity contribution is -0.131. The van der Waals surface area contributed by atoms with Gasteiger partial charge in [-0.25, -0.2) is 8.78 Å². The van der Waals surface area contributed by atoms with Crippen LogP contribution in [0.5, 0.6) is 5.75 Å². The van der Waals surface area contributed by atoms with Gasteiger partial charge in [-0.3, -0.25) is 14.6 Å². The lowest BCUT2D eigenvalue weighted by atomic mass is 9.92. The summed E-state index contributed by atoms with van der Waals surface area (Å²) in [6, 6.07) is 7.09. The highest BCUT2D eigenvalue weighted by Crippen LogP contribution is 2.48. The van der Waals surface area contributed by atoms with Crippen LogP contribution in [0, 0.1) is 17.0 Å². The van der Waals surface area contributed by atoms with Crippen molar-refractivity contribution in [2.24, 2.45) is 10.4 Å². The Labute approximate surface area is 238 Å². The number of rotatable bonds is 7. The molecule has 0 aromatic heterocycles. The maximum Gasteiger partial charge on any atom is 0.240 e. The number of methoxy groups -OCH3 is 1. The summed E-state index contributed by atoms with van der Waals surface area (Å²) in [7, 11) is 1.55.